The van der Waals surface area contributed by atoms with Crippen LogP contribution in [-0.2, 0) is 25.5 Å². The van der Waals surface area contributed by atoms with Gasteiger partial charge in [0.25, 0.3) is 0 Å². The molecule has 0 bridgehead atoms. The van der Waals surface area contributed by atoms with Gasteiger partial charge < -0.3 is 29.0 Å². The normalized spacial score (nSPS) is 20.6. The minimum atomic E-state index is -1.02. The predicted octanol–water partition coefficient (Wildman–Crippen LogP) is 0.594. The van der Waals surface area contributed by atoms with E-state index in [1.54, 1.807) is 6.07 Å². The minimum absolute atomic E-state index is 0.0522. The highest BCUT2D eigenvalue weighted by Crippen LogP contribution is 2.05. The van der Waals surface area contributed by atoms with Crippen LogP contribution in [0.15, 0.2) is 18.2 Å². The third-order valence-corrected chi connectivity index (χ3v) is 4.49. The Labute approximate surface area is 172 Å². The maximum Gasteiger partial charge on any atom is 0.354 e. The van der Waals surface area contributed by atoms with Crippen LogP contribution in [0.25, 0.3) is 0 Å². The largest absolute Gasteiger partial charge is 0.477 e. The third kappa shape index (κ3) is 10.6. The van der Waals surface area contributed by atoms with Gasteiger partial charge in [-0.2, -0.15) is 0 Å². The average molecular weight is 411 g/mol. The molecule has 1 aromatic rings. The number of aromatic carboxylic acids is 1. The number of carbonyl (C=O) groups is 1. The molecule has 0 amide bonds. The Morgan fingerprint density at radius 2 is 1.41 bits per heavy atom. The Bertz CT molecular complexity index is 569. The zero-order valence-corrected chi connectivity index (χ0v) is 17.3. The standard InChI is InChI=1S/C20H33N3O6/c1-22-5-9-26-13-15-28-11-7-23(8-12-29-16-14-27-10-6-22)17-18-3-2-4-19(21-18)20(24)25/h2-4H,5-17H2,1H3,(H,24,25). The van der Waals surface area contributed by atoms with Crippen molar-refractivity contribution in [2.75, 3.05) is 86.1 Å². The summed E-state index contributed by atoms with van der Waals surface area (Å²) in [5.74, 6) is -1.02. The summed E-state index contributed by atoms with van der Waals surface area (Å²) in [4.78, 5) is 19.7. The van der Waals surface area contributed by atoms with E-state index in [0.29, 0.717) is 78.2 Å². The van der Waals surface area contributed by atoms with Gasteiger partial charge in [0, 0.05) is 32.7 Å². The Kier molecular flexibility index (Phi) is 11.7. The van der Waals surface area contributed by atoms with Crippen molar-refractivity contribution < 1.29 is 28.8 Å². The van der Waals surface area contributed by atoms with E-state index in [1.807, 2.05) is 13.1 Å². The summed E-state index contributed by atoms with van der Waals surface area (Å²) in [6.07, 6.45) is 0. The summed E-state index contributed by atoms with van der Waals surface area (Å²) in [5, 5.41) is 9.13. The Morgan fingerprint density at radius 1 is 0.897 bits per heavy atom. The van der Waals surface area contributed by atoms with Crippen LogP contribution in [0.1, 0.15) is 16.2 Å². The van der Waals surface area contributed by atoms with Crippen molar-refractivity contribution in [1.29, 1.82) is 0 Å². The van der Waals surface area contributed by atoms with Crippen molar-refractivity contribution in [2.24, 2.45) is 0 Å². The third-order valence-electron chi connectivity index (χ3n) is 4.49. The number of ether oxygens (including phenoxy) is 4. The van der Waals surface area contributed by atoms with Crippen LogP contribution in [0.4, 0.5) is 0 Å². The zero-order chi connectivity index (χ0) is 20.7. The first-order valence-corrected chi connectivity index (χ1v) is 10.1. The maximum atomic E-state index is 11.1. The van der Waals surface area contributed by atoms with E-state index in [9.17, 15) is 4.79 Å². The molecule has 0 aromatic carbocycles. The maximum absolute atomic E-state index is 11.1. The molecule has 1 saturated heterocycles. The van der Waals surface area contributed by atoms with Gasteiger partial charge in [0.2, 0.25) is 0 Å². The van der Waals surface area contributed by atoms with Gasteiger partial charge in [0.1, 0.15) is 5.69 Å². The van der Waals surface area contributed by atoms with Gasteiger partial charge >= 0.3 is 5.97 Å². The lowest BCUT2D eigenvalue weighted by atomic mass is 10.3. The van der Waals surface area contributed by atoms with Gasteiger partial charge in [0.15, 0.2) is 0 Å². The van der Waals surface area contributed by atoms with E-state index in [1.165, 1.54) is 6.07 Å². The molecule has 0 radical (unpaired) electrons. The second-order valence-electron chi connectivity index (χ2n) is 6.85. The molecule has 1 aliphatic rings. The van der Waals surface area contributed by atoms with E-state index in [0.717, 1.165) is 13.1 Å². The monoisotopic (exact) mass is 411 g/mol. The van der Waals surface area contributed by atoms with Crippen molar-refractivity contribution >= 4 is 5.97 Å². The molecule has 0 spiro atoms. The molecule has 2 rings (SSSR count). The fraction of sp³-hybridized carbons (Fsp3) is 0.700. The van der Waals surface area contributed by atoms with Crippen molar-refractivity contribution in [3.63, 3.8) is 0 Å². The van der Waals surface area contributed by atoms with Gasteiger partial charge in [-0.15, -0.1) is 0 Å². The predicted molar refractivity (Wildman–Crippen MR) is 107 cm³/mol. The second kappa shape index (κ2) is 14.4. The van der Waals surface area contributed by atoms with Gasteiger partial charge in [-0.25, -0.2) is 9.78 Å². The molecule has 1 aromatic heterocycles. The number of carboxylic acid groups (broad SMARTS) is 1. The number of aromatic nitrogens is 1. The van der Waals surface area contributed by atoms with Gasteiger partial charge in [-0.3, -0.25) is 4.90 Å². The van der Waals surface area contributed by atoms with Crippen molar-refractivity contribution in [2.45, 2.75) is 6.54 Å². The van der Waals surface area contributed by atoms with E-state index in [4.69, 9.17) is 24.1 Å². The molecule has 1 aliphatic heterocycles. The van der Waals surface area contributed by atoms with Crippen LogP contribution >= 0.6 is 0 Å². The molecule has 9 nitrogen and oxygen atoms in total. The topological polar surface area (TPSA) is 93.6 Å². The number of nitrogens with zero attached hydrogens (tertiary/aromatic N) is 3. The molecule has 1 fully saturated rings. The highest BCUT2D eigenvalue weighted by atomic mass is 16.5. The molecule has 0 saturated carbocycles. The first-order chi connectivity index (χ1) is 14.1. The van der Waals surface area contributed by atoms with Crippen molar-refractivity contribution in [3.05, 3.63) is 29.6 Å². The summed E-state index contributed by atoms with van der Waals surface area (Å²) in [6, 6.07) is 5.04. The van der Waals surface area contributed by atoms with E-state index < -0.39 is 5.97 Å². The summed E-state index contributed by atoms with van der Waals surface area (Å²) in [7, 11) is 2.05. The zero-order valence-electron chi connectivity index (χ0n) is 17.3. The van der Waals surface area contributed by atoms with Crippen LogP contribution in [-0.4, -0.2) is 112 Å². The van der Waals surface area contributed by atoms with Crippen LogP contribution in [0.3, 0.4) is 0 Å². The fourth-order valence-corrected chi connectivity index (χ4v) is 2.77. The number of carboxylic acids is 1. The number of hydrogen-bond donors (Lipinski definition) is 1. The smallest absolute Gasteiger partial charge is 0.354 e. The second-order valence-corrected chi connectivity index (χ2v) is 6.85. The molecule has 29 heavy (non-hydrogen) atoms. The average Bonchev–Trinajstić information content (AvgIpc) is 2.71. The van der Waals surface area contributed by atoms with E-state index in [-0.39, 0.29) is 5.69 Å². The van der Waals surface area contributed by atoms with Crippen molar-refractivity contribution in [3.8, 4) is 0 Å². The van der Waals surface area contributed by atoms with Crippen LogP contribution in [0.5, 0.6) is 0 Å². The number of pyridine rings is 1. The molecule has 9 heteroatoms. The minimum Gasteiger partial charge on any atom is -0.477 e. The lowest BCUT2D eigenvalue weighted by Crippen LogP contribution is -2.32. The van der Waals surface area contributed by atoms with Gasteiger partial charge in [-0.05, 0) is 19.2 Å². The van der Waals surface area contributed by atoms with Crippen LogP contribution in [0.2, 0.25) is 0 Å². The molecule has 0 aliphatic carbocycles. The van der Waals surface area contributed by atoms with E-state index >= 15 is 0 Å². The Balaban J connectivity index is 1.83. The number of likely N-dealkylation sites (N-methyl/N-ethyl adjacent to an activating group) is 1. The number of hydrogen-bond acceptors (Lipinski definition) is 8. The molecular formula is C20H33N3O6. The molecule has 0 unspecified atom stereocenters. The molecule has 164 valence electrons. The van der Waals surface area contributed by atoms with E-state index in [2.05, 4.69) is 14.8 Å². The first-order valence-electron chi connectivity index (χ1n) is 10.1. The quantitative estimate of drug-likeness (QED) is 0.767. The summed E-state index contributed by atoms with van der Waals surface area (Å²) >= 11 is 0. The fourth-order valence-electron chi connectivity index (χ4n) is 2.77. The van der Waals surface area contributed by atoms with Crippen LogP contribution < -0.4 is 0 Å². The molecular weight excluding hydrogens is 378 g/mol. The Morgan fingerprint density at radius 3 is 1.93 bits per heavy atom. The molecule has 1 N–H and O–H groups in total. The van der Waals surface area contributed by atoms with Crippen LogP contribution in [0, 0.1) is 0 Å². The molecule has 2 heterocycles. The highest BCUT2D eigenvalue weighted by Gasteiger charge is 2.10. The molecule has 0 atom stereocenters. The summed E-state index contributed by atoms with van der Waals surface area (Å²) < 4.78 is 22.6. The first kappa shape index (κ1) is 23.7. The highest BCUT2D eigenvalue weighted by molar-refractivity contribution is 5.85. The Hall–Kier alpha value is -1.62. The van der Waals surface area contributed by atoms with Crippen molar-refractivity contribution in [1.82, 2.24) is 14.8 Å². The lowest BCUT2D eigenvalue weighted by Gasteiger charge is -2.22. The summed E-state index contributed by atoms with van der Waals surface area (Å²) in [6.45, 7) is 8.32. The lowest BCUT2D eigenvalue weighted by molar-refractivity contribution is 0.00965. The SMILES string of the molecule is CN1CCOCCOCCN(Cc2cccc(C(=O)O)n2)CCOCCOCC1. The van der Waals surface area contributed by atoms with Gasteiger partial charge in [-0.1, -0.05) is 6.07 Å². The van der Waals surface area contributed by atoms with Gasteiger partial charge in [0.05, 0.1) is 58.5 Å². The number of rotatable bonds is 3. The summed E-state index contributed by atoms with van der Waals surface area (Å²) in [5.41, 5.74) is 0.763.